The summed E-state index contributed by atoms with van der Waals surface area (Å²) in [7, 11) is 0. The van der Waals surface area contributed by atoms with Gasteiger partial charge in [0.05, 0.1) is 0 Å². The molecule has 0 aliphatic carbocycles. The first-order chi connectivity index (χ1) is 21.8. The van der Waals surface area contributed by atoms with Gasteiger partial charge in [0.25, 0.3) is 0 Å². The van der Waals surface area contributed by atoms with E-state index < -0.39 is 0 Å². The van der Waals surface area contributed by atoms with Crippen LogP contribution in [0, 0.1) is 23.8 Å². The molecule has 0 aliphatic heterocycles. The van der Waals surface area contributed by atoms with Crippen LogP contribution in [0.5, 0.6) is 0 Å². The monoisotopic (exact) mass is 805 g/mol. The third-order valence-corrected chi connectivity index (χ3v) is 9.67. The number of aliphatic hydroxyl groups is 1. The van der Waals surface area contributed by atoms with Gasteiger partial charge in [-0.2, -0.15) is 0 Å². The van der Waals surface area contributed by atoms with Crippen molar-refractivity contribution >= 4 is 49.3 Å². The number of carbonyl (C=O) groups excluding carboxylic acids is 1. The summed E-state index contributed by atoms with van der Waals surface area (Å²) in [5.41, 5.74) is 5.36. The molecule has 6 rings (SSSR count). The first-order valence-corrected chi connectivity index (χ1v) is 16.4. The van der Waals surface area contributed by atoms with E-state index in [2.05, 4.69) is 87.5 Å². The van der Waals surface area contributed by atoms with Crippen molar-refractivity contribution in [1.82, 2.24) is 4.98 Å². The Morgan fingerprint density at radius 2 is 1.55 bits per heavy atom. The molecule has 0 saturated heterocycles. The van der Waals surface area contributed by atoms with E-state index in [1.807, 2.05) is 53.8 Å². The van der Waals surface area contributed by atoms with Crippen LogP contribution >= 0.6 is 0 Å². The number of rotatable bonds is 7. The Labute approximate surface area is 292 Å². The maximum atomic E-state index is 11.8. The molecule has 4 nitrogen and oxygen atoms in total. The van der Waals surface area contributed by atoms with Gasteiger partial charge in [-0.25, -0.2) is 0 Å². The van der Waals surface area contributed by atoms with Gasteiger partial charge in [0.1, 0.15) is 16.9 Å². The molecule has 0 fully saturated rings. The second kappa shape index (κ2) is 14.1. The number of nitrogens with zero attached hydrogens (tertiary/aromatic N) is 1. The largest absolute Gasteiger partial charge is 0.512 e. The number of aromatic nitrogens is 1. The van der Waals surface area contributed by atoms with E-state index in [0.717, 1.165) is 57.0 Å². The summed E-state index contributed by atoms with van der Waals surface area (Å²) in [6, 6.07) is 27.2. The third-order valence-electron chi connectivity index (χ3n) is 9.67. The van der Waals surface area contributed by atoms with Crippen LogP contribution in [0.15, 0.2) is 89.2 Å². The fourth-order valence-electron chi connectivity index (χ4n) is 5.61. The molecule has 1 N–H and O–H groups in total. The molecule has 0 atom stereocenters. The number of benzene rings is 4. The van der Waals surface area contributed by atoms with E-state index in [4.69, 9.17) is 9.40 Å². The topological polar surface area (TPSA) is 63.3 Å². The maximum absolute atomic E-state index is 11.8. The van der Waals surface area contributed by atoms with Crippen LogP contribution in [0.1, 0.15) is 85.3 Å². The van der Waals surface area contributed by atoms with Crippen molar-refractivity contribution < 1.29 is 34.4 Å². The average molecular weight is 805 g/mol. The van der Waals surface area contributed by atoms with Crippen molar-refractivity contribution in [3.8, 4) is 11.3 Å². The number of pyridine rings is 1. The zero-order valence-electron chi connectivity index (χ0n) is 29.0. The molecule has 47 heavy (non-hydrogen) atoms. The number of aryl methyl sites for hydroxylation is 1. The van der Waals surface area contributed by atoms with Crippen LogP contribution in [-0.4, -0.2) is 15.9 Å². The van der Waals surface area contributed by atoms with Crippen LogP contribution in [-0.2, 0) is 24.9 Å². The average Bonchev–Trinajstić information content (AvgIpc) is 3.44. The predicted molar refractivity (Wildman–Crippen MR) is 193 cm³/mol. The molecular formula is C42H46IrNO3-. The molecule has 0 aliphatic rings. The summed E-state index contributed by atoms with van der Waals surface area (Å²) >= 11 is 0. The number of allylic oxidation sites excluding steroid dienone is 2. The van der Waals surface area contributed by atoms with E-state index in [-0.39, 0.29) is 42.5 Å². The number of ketones is 1. The Hall–Kier alpha value is -3.79. The number of hydrogen-bond acceptors (Lipinski definition) is 4. The Morgan fingerprint density at radius 3 is 2.23 bits per heavy atom. The number of carbonyl (C=O) groups is 1. The minimum atomic E-state index is -0.377. The van der Waals surface area contributed by atoms with E-state index in [9.17, 15) is 9.90 Å². The Kier molecular flexibility index (Phi) is 10.8. The van der Waals surface area contributed by atoms with E-state index >= 15 is 0 Å². The summed E-state index contributed by atoms with van der Waals surface area (Å²) in [6.45, 7) is 18.2. The summed E-state index contributed by atoms with van der Waals surface area (Å²) in [6.07, 6.45) is 4.87. The first-order valence-electron chi connectivity index (χ1n) is 16.4. The molecule has 5 heteroatoms. The summed E-state index contributed by atoms with van der Waals surface area (Å²) < 4.78 is 6.37. The van der Waals surface area contributed by atoms with Crippen molar-refractivity contribution in [2.75, 3.05) is 0 Å². The molecule has 2 aromatic heterocycles. The van der Waals surface area contributed by atoms with Gasteiger partial charge in [-0.15, -0.1) is 29.1 Å². The molecule has 0 bridgehead atoms. The van der Waals surface area contributed by atoms with Crippen LogP contribution < -0.4 is 0 Å². The standard InChI is InChI=1S/C29H22NO.C13H24O2.Ir/c1-17(2)25-16-21(15-20-12-11-19-8-4-5-9-22(19)26(20)25)27-29-24(13-14-30-27)23-10-6-7-18(3)28(23)31-29;1-7-12(3,4)10(14)9-11(15)13(5,6)8-2;/h4-14,16-17H,1-3H3;9,14H,7-8H2,1-6H3;/q-1;;/b;10-9-;. The molecule has 4 aromatic carbocycles. The van der Waals surface area contributed by atoms with Crippen LogP contribution in [0.2, 0.25) is 0 Å². The van der Waals surface area contributed by atoms with Crippen molar-refractivity contribution in [3.05, 3.63) is 102 Å². The molecular weight excluding hydrogens is 759 g/mol. The summed E-state index contributed by atoms with van der Waals surface area (Å²) in [5, 5.41) is 17.0. The predicted octanol–water partition coefficient (Wildman–Crippen LogP) is 12.1. The van der Waals surface area contributed by atoms with Gasteiger partial charge >= 0.3 is 0 Å². The van der Waals surface area contributed by atoms with Crippen LogP contribution in [0.4, 0.5) is 0 Å². The molecule has 1 radical (unpaired) electrons. The third kappa shape index (κ3) is 7.08. The molecule has 247 valence electrons. The quantitative estimate of drug-likeness (QED) is 0.0755. The number of para-hydroxylation sites is 1. The smallest absolute Gasteiger partial charge is 0.164 e. The zero-order chi connectivity index (χ0) is 33.4. The SMILES string of the molecule is CCC(C)(C)C(=O)/C=C(\O)C(C)(C)CC.Cc1cccc2c1oc1c(-c3[c-]c4ccc5ccccc5c4c(C(C)C)c3)nccc12.[Ir]. The molecule has 2 heterocycles. The van der Waals surface area contributed by atoms with Gasteiger partial charge in [0.2, 0.25) is 0 Å². The molecule has 0 amide bonds. The number of furan rings is 1. The normalized spacial score (nSPS) is 12.4. The zero-order valence-corrected chi connectivity index (χ0v) is 31.4. The van der Waals surface area contributed by atoms with Gasteiger partial charge in [-0.3, -0.25) is 9.78 Å². The van der Waals surface area contributed by atoms with E-state index in [1.165, 1.54) is 27.8 Å². The van der Waals surface area contributed by atoms with Crippen molar-refractivity contribution in [1.29, 1.82) is 0 Å². The number of hydrogen-bond donors (Lipinski definition) is 1. The van der Waals surface area contributed by atoms with Crippen molar-refractivity contribution in [2.24, 2.45) is 10.8 Å². The molecule has 6 aromatic rings. The first kappa shape index (κ1) is 36.1. The van der Waals surface area contributed by atoms with Gasteiger partial charge in [-0.05, 0) is 48.1 Å². The van der Waals surface area contributed by atoms with Crippen LogP contribution in [0.25, 0.3) is 54.7 Å². The molecule has 0 saturated carbocycles. The van der Waals surface area contributed by atoms with Crippen LogP contribution in [0.3, 0.4) is 0 Å². The van der Waals surface area contributed by atoms with Crippen molar-refractivity contribution in [2.45, 2.75) is 81.1 Å². The summed E-state index contributed by atoms with van der Waals surface area (Å²) in [4.78, 5) is 16.6. The Balaban J connectivity index is 0.000000269. The minimum Gasteiger partial charge on any atom is -0.512 e. The number of fused-ring (bicyclic) bond motifs is 6. The van der Waals surface area contributed by atoms with Gasteiger partial charge < -0.3 is 9.52 Å². The Morgan fingerprint density at radius 1 is 0.894 bits per heavy atom. The van der Waals surface area contributed by atoms with Gasteiger partial charge in [0, 0.05) is 59.7 Å². The van der Waals surface area contributed by atoms with Gasteiger partial charge in [0.15, 0.2) is 5.78 Å². The minimum absolute atomic E-state index is 0. The fraction of sp³-hybridized carbons (Fsp3) is 0.333. The van der Waals surface area contributed by atoms with E-state index in [0.29, 0.717) is 5.92 Å². The van der Waals surface area contributed by atoms with E-state index in [1.54, 1.807) is 0 Å². The maximum Gasteiger partial charge on any atom is 0.164 e. The molecule has 0 spiro atoms. The summed E-state index contributed by atoms with van der Waals surface area (Å²) in [5.74, 6) is 0.569. The fourth-order valence-corrected chi connectivity index (χ4v) is 5.61. The number of aliphatic hydroxyl groups excluding tert-OH is 1. The second-order valence-corrected chi connectivity index (χ2v) is 14.0. The van der Waals surface area contributed by atoms with Crippen molar-refractivity contribution in [3.63, 3.8) is 0 Å². The molecule has 0 unspecified atom stereocenters. The Bertz CT molecular complexity index is 2100. The van der Waals surface area contributed by atoms with Gasteiger partial charge in [-0.1, -0.05) is 115 Å². The second-order valence-electron chi connectivity index (χ2n) is 14.0.